The Bertz CT molecular complexity index is 1090. The van der Waals surface area contributed by atoms with E-state index in [4.69, 9.17) is 15.2 Å². The minimum atomic E-state index is -0.483. The maximum absolute atomic E-state index is 12.1. The Morgan fingerprint density at radius 3 is 2.56 bits per heavy atom. The normalized spacial score (nSPS) is 14.4. The molecule has 9 nitrogen and oxygen atoms in total. The van der Waals surface area contributed by atoms with Crippen molar-refractivity contribution in [1.29, 1.82) is 0 Å². The number of hydrogen-bond donors (Lipinski definition) is 1. The number of nitrogens with two attached hydrogens (primary N) is 1. The van der Waals surface area contributed by atoms with Crippen LogP contribution in [-0.2, 0) is 0 Å². The second kappa shape index (κ2) is 11.1. The van der Waals surface area contributed by atoms with Crippen LogP contribution in [0.2, 0.25) is 0 Å². The zero-order chi connectivity index (χ0) is 23.9. The lowest BCUT2D eigenvalue weighted by atomic mass is 10.2. The first kappa shape index (κ1) is 23.7. The summed E-state index contributed by atoms with van der Waals surface area (Å²) >= 11 is 0. The van der Waals surface area contributed by atoms with Crippen LogP contribution in [0.25, 0.3) is 5.52 Å². The second-order valence-corrected chi connectivity index (χ2v) is 8.49. The van der Waals surface area contributed by atoms with Crippen LogP contribution in [0.4, 0.5) is 16.3 Å². The predicted molar refractivity (Wildman–Crippen MR) is 134 cm³/mol. The van der Waals surface area contributed by atoms with Gasteiger partial charge in [0.1, 0.15) is 11.5 Å². The lowest BCUT2D eigenvalue weighted by Gasteiger charge is -2.36. The van der Waals surface area contributed by atoms with Crippen LogP contribution in [0, 0.1) is 0 Å². The van der Waals surface area contributed by atoms with E-state index in [0.717, 1.165) is 69.0 Å². The molecule has 1 aromatic carbocycles. The number of benzene rings is 1. The molecule has 4 rings (SSSR count). The Hall–Kier alpha value is -3.46. The quantitative estimate of drug-likeness (QED) is 0.462. The lowest BCUT2D eigenvalue weighted by Crippen LogP contribution is -2.46. The molecule has 9 heteroatoms. The molecule has 2 N–H and O–H groups in total. The molecule has 1 aliphatic rings. The third kappa shape index (κ3) is 5.53. The average Bonchev–Trinajstić information content (AvgIpc) is 3.29. The van der Waals surface area contributed by atoms with Crippen molar-refractivity contribution < 1.29 is 14.3 Å². The Labute approximate surface area is 200 Å². The van der Waals surface area contributed by atoms with Gasteiger partial charge in [-0.15, -0.1) is 5.10 Å². The molecule has 1 aliphatic heterocycles. The predicted octanol–water partition coefficient (Wildman–Crippen LogP) is 3.23. The van der Waals surface area contributed by atoms with Crippen LogP contribution < -0.4 is 25.0 Å². The Kier molecular flexibility index (Phi) is 7.74. The smallest absolute Gasteiger partial charge is 0.320 e. The lowest BCUT2D eigenvalue weighted by molar-refractivity contribution is 0.250. The third-order valence-electron chi connectivity index (χ3n) is 6.35. The number of amides is 2. The summed E-state index contributed by atoms with van der Waals surface area (Å²) in [5.74, 6) is 2.24. The molecule has 1 saturated heterocycles. The van der Waals surface area contributed by atoms with E-state index in [0.29, 0.717) is 12.4 Å². The van der Waals surface area contributed by atoms with Gasteiger partial charge in [-0.05, 0) is 37.6 Å². The topological polar surface area (TPSA) is 88.6 Å². The molecule has 0 saturated carbocycles. The minimum absolute atomic E-state index is 0.483. The molecule has 0 bridgehead atoms. The SMILES string of the molecule is COc1ccn2nc(N(CCCCCN3CCN(c4ccccc4OC)CC3)C(N)=O)cc2c1. The second-order valence-electron chi connectivity index (χ2n) is 8.49. The van der Waals surface area contributed by atoms with Crippen LogP contribution >= 0.6 is 0 Å². The number of nitrogens with zero attached hydrogens (tertiary/aromatic N) is 5. The first-order valence-electron chi connectivity index (χ1n) is 11.8. The molecular formula is C25H34N6O3. The minimum Gasteiger partial charge on any atom is -0.497 e. The molecule has 0 aliphatic carbocycles. The molecular weight excluding hydrogens is 432 g/mol. The molecule has 1 fully saturated rings. The number of methoxy groups -OCH3 is 2. The number of pyridine rings is 1. The van der Waals surface area contributed by atoms with Gasteiger partial charge >= 0.3 is 6.03 Å². The van der Waals surface area contributed by atoms with Gasteiger partial charge in [-0.1, -0.05) is 18.6 Å². The van der Waals surface area contributed by atoms with E-state index < -0.39 is 6.03 Å². The number of unbranched alkanes of at least 4 members (excludes halogenated alkanes) is 2. The number of carbonyl (C=O) groups is 1. The number of fused-ring (bicyclic) bond motifs is 1. The number of carbonyl (C=O) groups excluding carboxylic acids is 1. The molecule has 0 radical (unpaired) electrons. The molecule has 3 aromatic rings. The Balaban J connectivity index is 1.21. The first-order chi connectivity index (χ1) is 16.6. The molecule has 2 aromatic heterocycles. The van der Waals surface area contributed by atoms with E-state index in [-0.39, 0.29) is 0 Å². The van der Waals surface area contributed by atoms with Crippen LogP contribution in [0.3, 0.4) is 0 Å². The van der Waals surface area contributed by atoms with E-state index >= 15 is 0 Å². The summed E-state index contributed by atoms with van der Waals surface area (Å²) in [6.45, 7) is 5.68. The number of aromatic nitrogens is 2. The molecule has 34 heavy (non-hydrogen) atoms. The molecule has 2 amide bonds. The summed E-state index contributed by atoms with van der Waals surface area (Å²) in [4.78, 5) is 18.5. The molecule has 3 heterocycles. The highest BCUT2D eigenvalue weighted by Gasteiger charge is 2.20. The fourth-order valence-corrected chi connectivity index (χ4v) is 4.44. The summed E-state index contributed by atoms with van der Waals surface area (Å²) in [5.41, 5.74) is 7.67. The highest BCUT2D eigenvalue weighted by molar-refractivity contribution is 5.90. The van der Waals surface area contributed by atoms with Crippen molar-refractivity contribution >= 4 is 23.1 Å². The van der Waals surface area contributed by atoms with Crippen LogP contribution in [0.5, 0.6) is 11.5 Å². The van der Waals surface area contributed by atoms with Crippen molar-refractivity contribution in [2.45, 2.75) is 19.3 Å². The van der Waals surface area contributed by atoms with E-state index in [1.54, 1.807) is 23.6 Å². The number of hydrogen-bond acceptors (Lipinski definition) is 6. The number of ether oxygens (including phenoxy) is 2. The van der Waals surface area contributed by atoms with Crippen LogP contribution in [0.15, 0.2) is 48.7 Å². The average molecular weight is 467 g/mol. The van der Waals surface area contributed by atoms with Gasteiger partial charge in [-0.25, -0.2) is 9.31 Å². The number of piperazine rings is 1. The van der Waals surface area contributed by atoms with Crippen molar-refractivity contribution in [3.63, 3.8) is 0 Å². The van der Waals surface area contributed by atoms with E-state index in [9.17, 15) is 4.79 Å². The first-order valence-corrected chi connectivity index (χ1v) is 11.8. The van der Waals surface area contributed by atoms with Gasteiger partial charge in [-0.3, -0.25) is 9.80 Å². The van der Waals surface area contributed by atoms with Crippen LogP contribution in [-0.4, -0.2) is 74.0 Å². The van der Waals surface area contributed by atoms with Crippen molar-refractivity contribution in [3.05, 3.63) is 48.7 Å². The number of anilines is 2. The highest BCUT2D eigenvalue weighted by Crippen LogP contribution is 2.28. The zero-order valence-corrected chi connectivity index (χ0v) is 20.0. The van der Waals surface area contributed by atoms with Gasteiger partial charge in [0.05, 0.1) is 25.4 Å². The Morgan fingerprint density at radius 2 is 1.82 bits per heavy atom. The number of para-hydroxylation sites is 2. The van der Waals surface area contributed by atoms with Crippen LogP contribution in [0.1, 0.15) is 19.3 Å². The van der Waals surface area contributed by atoms with Crippen molar-refractivity contribution in [1.82, 2.24) is 14.5 Å². The number of primary amides is 1. The summed E-state index contributed by atoms with van der Waals surface area (Å²) in [5, 5.41) is 4.49. The van der Waals surface area contributed by atoms with Crippen molar-refractivity contribution in [2.75, 3.05) is 63.3 Å². The van der Waals surface area contributed by atoms with Crippen molar-refractivity contribution in [3.8, 4) is 11.5 Å². The summed E-state index contributed by atoms with van der Waals surface area (Å²) in [6.07, 6.45) is 4.80. The van der Waals surface area contributed by atoms with Gasteiger partial charge in [0.2, 0.25) is 0 Å². The van der Waals surface area contributed by atoms with E-state index in [1.807, 2.05) is 36.5 Å². The van der Waals surface area contributed by atoms with Gasteiger partial charge in [0.25, 0.3) is 0 Å². The summed E-state index contributed by atoms with van der Waals surface area (Å²) < 4.78 is 12.5. The maximum Gasteiger partial charge on any atom is 0.320 e. The largest absolute Gasteiger partial charge is 0.497 e. The number of rotatable bonds is 10. The van der Waals surface area contributed by atoms with Gasteiger partial charge < -0.3 is 20.1 Å². The third-order valence-corrected chi connectivity index (χ3v) is 6.35. The summed E-state index contributed by atoms with van der Waals surface area (Å²) in [6, 6.07) is 13.3. The zero-order valence-electron chi connectivity index (χ0n) is 20.0. The fourth-order valence-electron chi connectivity index (χ4n) is 4.44. The van der Waals surface area contributed by atoms with Gasteiger partial charge in [-0.2, -0.15) is 0 Å². The van der Waals surface area contributed by atoms with E-state index in [1.165, 1.54) is 5.69 Å². The molecule has 0 spiro atoms. The molecule has 0 unspecified atom stereocenters. The van der Waals surface area contributed by atoms with Gasteiger partial charge in [0, 0.05) is 51.1 Å². The van der Waals surface area contributed by atoms with E-state index in [2.05, 4.69) is 27.0 Å². The monoisotopic (exact) mass is 466 g/mol. The van der Waals surface area contributed by atoms with Gasteiger partial charge in [0.15, 0.2) is 5.82 Å². The maximum atomic E-state index is 12.1. The molecule has 182 valence electrons. The Morgan fingerprint density at radius 1 is 1.03 bits per heavy atom. The van der Waals surface area contributed by atoms with Crippen molar-refractivity contribution in [2.24, 2.45) is 5.73 Å². The summed E-state index contributed by atoms with van der Waals surface area (Å²) in [7, 11) is 3.35. The standard InChI is InChI=1S/C25H34N6O3/c1-33-21-10-13-31-20(18-21)19-24(27-31)30(25(26)32)12-7-3-6-11-28-14-16-29(17-15-28)22-8-4-5-9-23(22)34-2/h4-5,8-10,13,18-19H,3,6-7,11-12,14-17H2,1-2H3,(H2,26,32). The number of urea groups is 1. The fraction of sp³-hybridized carbons (Fsp3) is 0.440. The molecule has 0 atom stereocenters. The highest BCUT2D eigenvalue weighted by atomic mass is 16.5.